The predicted octanol–water partition coefficient (Wildman–Crippen LogP) is 0.519. The molecule has 0 spiro atoms. The van der Waals surface area contributed by atoms with E-state index < -0.39 is 30.5 Å². The molecule has 1 amide bonds. The van der Waals surface area contributed by atoms with Crippen LogP contribution in [0.2, 0.25) is 0 Å². The largest absolute Gasteiger partial charge is 0.480 e. The third-order valence-corrected chi connectivity index (χ3v) is 3.02. The summed E-state index contributed by atoms with van der Waals surface area (Å²) < 4.78 is 4.91. The number of aliphatic imine (C=N–C) groups is 1. The minimum atomic E-state index is -1.29. The summed E-state index contributed by atoms with van der Waals surface area (Å²) in [6.07, 6.45) is -0.159. The van der Waals surface area contributed by atoms with Crippen molar-refractivity contribution in [3.8, 4) is 5.75 Å². The minimum absolute atomic E-state index is 0.0304. The summed E-state index contributed by atoms with van der Waals surface area (Å²) in [4.78, 5) is 38.5. The summed E-state index contributed by atoms with van der Waals surface area (Å²) in [6.45, 7) is -0.408. The molecule has 3 N–H and O–H groups in total. The van der Waals surface area contributed by atoms with Gasteiger partial charge in [0.05, 0.1) is 22.0 Å². The van der Waals surface area contributed by atoms with Gasteiger partial charge in [-0.3, -0.25) is 4.79 Å². The number of carboxylic acids is 1. The van der Waals surface area contributed by atoms with Gasteiger partial charge in [-0.15, -0.1) is 0 Å². The van der Waals surface area contributed by atoms with Crippen LogP contribution in [0.5, 0.6) is 5.75 Å². The average molecular weight is 322 g/mol. The van der Waals surface area contributed by atoms with Crippen LogP contribution in [0.4, 0.5) is 5.69 Å². The number of nitrogens with one attached hydrogen (secondary N) is 1. The number of ether oxygens (including phenoxy) is 1. The molecule has 1 atom stereocenters. The van der Waals surface area contributed by atoms with E-state index in [1.807, 2.05) is 0 Å². The van der Waals surface area contributed by atoms with Gasteiger partial charge in [-0.2, -0.15) is 4.99 Å². The van der Waals surface area contributed by atoms with Crippen LogP contribution in [-0.4, -0.2) is 45.9 Å². The lowest BCUT2D eigenvalue weighted by atomic mass is 10.1. The number of aliphatic carboxylic acids is 1. The number of hydrogen-bond donors (Lipinski definition) is 3. The summed E-state index contributed by atoms with van der Waals surface area (Å²) in [5.41, 5.74) is 0.192. The molecule has 1 heterocycles. The number of fused-ring (bicyclic) bond motifs is 2. The second kappa shape index (κ2) is 6.44. The van der Waals surface area contributed by atoms with E-state index >= 15 is 0 Å². The number of carbonyl (C=O) groups excluding carboxylic acids is 2. The molecule has 0 saturated carbocycles. The highest BCUT2D eigenvalue weighted by atomic mass is 32.1. The van der Waals surface area contributed by atoms with E-state index in [-0.39, 0.29) is 23.3 Å². The van der Waals surface area contributed by atoms with Gasteiger partial charge in [-0.05, 0) is 18.3 Å². The average Bonchev–Trinajstić information content (AvgIpc) is 2.65. The Balaban J connectivity index is 2.34. The normalized spacial score (nSPS) is 13.0. The van der Waals surface area contributed by atoms with Gasteiger partial charge in [-0.1, -0.05) is 0 Å². The first-order chi connectivity index (χ1) is 10.5. The van der Waals surface area contributed by atoms with E-state index in [4.69, 9.17) is 14.9 Å². The maximum atomic E-state index is 12.2. The number of thiocarbonyl (C=S) groups is 1. The van der Waals surface area contributed by atoms with Crippen molar-refractivity contribution in [2.45, 2.75) is 12.5 Å². The molecule has 0 aliphatic carbocycles. The summed E-state index contributed by atoms with van der Waals surface area (Å²) in [5, 5.41) is 22.1. The first-order valence-corrected chi connectivity index (χ1v) is 6.51. The monoisotopic (exact) mass is 322 g/mol. The molecule has 9 heteroatoms. The molecule has 2 rings (SSSR count). The van der Waals surface area contributed by atoms with Crippen LogP contribution in [0, 0.1) is 0 Å². The van der Waals surface area contributed by atoms with Gasteiger partial charge in [0.2, 0.25) is 0 Å². The Labute approximate surface area is 129 Å². The third-order valence-electron chi connectivity index (χ3n) is 2.93. The molecule has 2 bridgehead atoms. The van der Waals surface area contributed by atoms with Crippen LogP contribution in [0.25, 0.3) is 0 Å². The number of aliphatic hydroxyl groups excluding tert-OH is 1. The number of aliphatic hydroxyl groups is 1. The molecule has 1 unspecified atom stereocenters. The van der Waals surface area contributed by atoms with Crippen LogP contribution in [-0.2, 0) is 4.79 Å². The van der Waals surface area contributed by atoms with Gasteiger partial charge in [0, 0.05) is 19.1 Å². The number of nitrogens with zero attached hydrogens (tertiary/aromatic N) is 1. The van der Waals surface area contributed by atoms with Gasteiger partial charge in [-0.25, -0.2) is 9.59 Å². The number of carboxylic acid groups (broad SMARTS) is 1. The van der Waals surface area contributed by atoms with Crippen LogP contribution >= 0.6 is 12.2 Å². The number of isothiocyanates is 1. The summed E-state index contributed by atoms with van der Waals surface area (Å²) in [6, 6.07) is 1.35. The maximum Gasteiger partial charge on any atom is 0.344 e. The number of rotatable bonds is 6. The molecule has 22 heavy (non-hydrogen) atoms. The maximum absolute atomic E-state index is 12.2. The molecule has 1 aromatic carbocycles. The first kappa shape index (κ1) is 15.8. The highest BCUT2D eigenvalue weighted by Gasteiger charge is 2.33. The second-order valence-corrected chi connectivity index (χ2v) is 4.52. The number of esters is 1. The van der Waals surface area contributed by atoms with Crippen LogP contribution in [0.3, 0.4) is 0 Å². The van der Waals surface area contributed by atoms with E-state index in [2.05, 4.69) is 27.7 Å². The molecule has 0 fully saturated rings. The molecule has 114 valence electrons. The Hall–Kier alpha value is -2.61. The van der Waals surface area contributed by atoms with Gasteiger partial charge >= 0.3 is 11.9 Å². The van der Waals surface area contributed by atoms with Crippen LogP contribution < -0.4 is 10.1 Å². The second-order valence-electron chi connectivity index (χ2n) is 4.34. The van der Waals surface area contributed by atoms with Gasteiger partial charge in [0.15, 0.2) is 0 Å². The fourth-order valence-corrected chi connectivity index (χ4v) is 2.07. The number of amides is 1. The lowest BCUT2D eigenvalue weighted by Crippen LogP contribution is -2.41. The van der Waals surface area contributed by atoms with Crippen LogP contribution in [0.1, 0.15) is 27.1 Å². The Bertz CT molecular complexity index is 711. The zero-order chi connectivity index (χ0) is 16.3. The number of benzene rings is 1. The lowest BCUT2D eigenvalue weighted by molar-refractivity contribution is -0.139. The van der Waals surface area contributed by atoms with Crippen molar-refractivity contribution in [1.29, 1.82) is 0 Å². The van der Waals surface area contributed by atoms with Gasteiger partial charge < -0.3 is 20.3 Å². The highest BCUT2D eigenvalue weighted by Crippen LogP contribution is 2.35. The van der Waals surface area contributed by atoms with E-state index in [0.717, 1.165) is 0 Å². The number of carbonyl (C=O) groups is 3. The molecule has 1 aromatic rings. The van der Waals surface area contributed by atoms with Crippen molar-refractivity contribution in [3.05, 3.63) is 23.3 Å². The third kappa shape index (κ3) is 3.01. The summed E-state index contributed by atoms with van der Waals surface area (Å²) in [7, 11) is 0. The minimum Gasteiger partial charge on any atom is -0.480 e. The topological polar surface area (TPSA) is 125 Å². The standard InChI is InChI=1S/C13H10N2O6S/c16-2-1-8(12(18)19)15-11(17)10-7-3-6(14-5-22)4-9(10)21-13(7)20/h3-4,8,16H,1-2H2,(H,15,17)(H,18,19). The van der Waals surface area contributed by atoms with Crippen molar-refractivity contribution in [3.63, 3.8) is 0 Å². The number of hydrogen-bond acceptors (Lipinski definition) is 7. The molecule has 1 aliphatic heterocycles. The molecular weight excluding hydrogens is 312 g/mol. The zero-order valence-electron chi connectivity index (χ0n) is 11.0. The first-order valence-electron chi connectivity index (χ1n) is 6.10. The Morgan fingerprint density at radius 3 is 2.73 bits per heavy atom. The summed E-state index contributed by atoms with van der Waals surface area (Å²) >= 11 is 4.46. The lowest BCUT2D eigenvalue weighted by Gasteiger charge is -2.13. The van der Waals surface area contributed by atoms with Crippen molar-refractivity contribution < 1.29 is 29.3 Å². The van der Waals surface area contributed by atoms with Crippen molar-refractivity contribution in [1.82, 2.24) is 5.32 Å². The predicted molar refractivity (Wildman–Crippen MR) is 76.7 cm³/mol. The molecular formula is C13H10N2O6S. The fourth-order valence-electron chi connectivity index (χ4n) is 1.97. The Morgan fingerprint density at radius 2 is 2.18 bits per heavy atom. The van der Waals surface area contributed by atoms with Crippen molar-refractivity contribution in [2.24, 2.45) is 4.99 Å². The molecule has 1 aliphatic rings. The quantitative estimate of drug-likeness (QED) is 0.396. The van der Waals surface area contributed by atoms with E-state index in [0.29, 0.717) is 5.69 Å². The summed E-state index contributed by atoms with van der Waals surface area (Å²) in [5.74, 6) is -2.84. The van der Waals surface area contributed by atoms with Crippen molar-refractivity contribution >= 4 is 40.9 Å². The van der Waals surface area contributed by atoms with Crippen LogP contribution in [0.15, 0.2) is 17.1 Å². The van der Waals surface area contributed by atoms with E-state index in [1.54, 1.807) is 0 Å². The van der Waals surface area contributed by atoms with Gasteiger partial charge in [0.1, 0.15) is 11.8 Å². The zero-order valence-corrected chi connectivity index (χ0v) is 11.8. The Morgan fingerprint density at radius 1 is 1.45 bits per heavy atom. The molecule has 0 saturated heterocycles. The van der Waals surface area contributed by atoms with Crippen molar-refractivity contribution in [2.75, 3.05) is 6.61 Å². The SMILES string of the molecule is O=C1Oc2cc(N=C=S)cc1c2C(=O)NC(CCO)C(=O)O. The molecule has 0 radical (unpaired) electrons. The fraction of sp³-hybridized carbons (Fsp3) is 0.231. The van der Waals surface area contributed by atoms with E-state index in [9.17, 15) is 14.4 Å². The van der Waals surface area contributed by atoms with E-state index in [1.165, 1.54) is 12.1 Å². The van der Waals surface area contributed by atoms with Gasteiger partial charge in [0.25, 0.3) is 5.91 Å². The molecule has 8 nitrogen and oxygen atoms in total. The smallest absolute Gasteiger partial charge is 0.344 e. The highest BCUT2D eigenvalue weighted by molar-refractivity contribution is 7.78. The Kier molecular flexibility index (Phi) is 4.62. The molecule has 0 aromatic heterocycles.